The van der Waals surface area contributed by atoms with Gasteiger partial charge in [-0.2, -0.15) is 0 Å². The highest BCUT2D eigenvalue weighted by molar-refractivity contribution is 5.13. The predicted octanol–water partition coefficient (Wildman–Crippen LogP) is 9.51. The van der Waals surface area contributed by atoms with E-state index < -0.39 is 0 Å². The lowest BCUT2D eigenvalue weighted by Gasteiger charge is -2.66. The summed E-state index contributed by atoms with van der Waals surface area (Å²) in [6, 6.07) is 4.28. The average Bonchev–Trinajstić information content (AvgIpc) is 3.13. The van der Waals surface area contributed by atoms with Gasteiger partial charge in [-0.1, -0.05) is 76.2 Å². The topological polar surface area (TPSA) is 29.2 Å². The molecular formula is C60H115N9. The van der Waals surface area contributed by atoms with Crippen LogP contribution < -0.4 is 0 Å². The maximum absolute atomic E-state index is 2.99. The number of piperazine rings is 1. The summed E-state index contributed by atoms with van der Waals surface area (Å²) in [7, 11) is 0. The maximum atomic E-state index is 2.99. The van der Waals surface area contributed by atoms with E-state index in [1.165, 1.54) is 163 Å². The third-order valence-electron chi connectivity index (χ3n) is 20.0. The average molecular weight is 963 g/mol. The molecule has 0 aromatic carbocycles. The lowest BCUT2D eigenvalue weighted by atomic mass is 9.68. The summed E-state index contributed by atoms with van der Waals surface area (Å²) in [4.78, 5) is 26.0. The highest BCUT2D eigenvalue weighted by atomic mass is 15.4. The van der Waals surface area contributed by atoms with E-state index >= 15 is 0 Å². The summed E-state index contributed by atoms with van der Waals surface area (Å²) in [5.41, 5.74) is 2.93. The standard InChI is InChI=1S/C60H115N9/c1-45-32-63(35-54(7,8)9)47(3)28-51(45)61-24-26-67(27-25-61)57(16,17)21-22-58(18,19)69-43-59(44-69)37-65(38-59)48-20-23-62(34-53(4,5)6)49(29-48)30-50-31-52(46(2)33-64(50)36-55(10,11)12)66-39-60(40-66)41-68(42-60)56(13,14)15/h45-52H,20-44H2,1-19H3/t45-,46+,47+,48?,49+,50?,51?,52?/m0/s1. The summed E-state index contributed by atoms with van der Waals surface area (Å²) in [5.74, 6) is 1.49. The molecule has 0 bridgehead atoms. The van der Waals surface area contributed by atoms with E-state index in [0.29, 0.717) is 50.7 Å². The van der Waals surface area contributed by atoms with Crippen molar-refractivity contribution in [2.45, 2.75) is 229 Å². The Morgan fingerprint density at radius 1 is 0.420 bits per heavy atom. The minimum Gasteiger partial charge on any atom is -0.300 e. The normalized spacial score (nSPS) is 35.0. The predicted molar refractivity (Wildman–Crippen MR) is 294 cm³/mol. The van der Waals surface area contributed by atoms with Crippen molar-refractivity contribution in [3.8, 4) is 0 Å². The van der Waals surface area contributed by atoms with E-state index in [2.05, 4.69) is 176 Å². The number of likely N-dealkylation sites (tertiary alicyclic amines) is 7. The van der Waals surface area contributed by atoms with Crippen LogP contribution in [0.4, 0.5) is 0 Å². The van der Waals surface area contributed by atoms with E-state index in [1.54, 1.807) is 0 Å². The van der Waals surface area contributed by atoms with Crippen molar-refractivity contribution < 1.29 is 0 Å². The number of hydrogen-bond acceptors (Lipinski definition) is 9. The van der Waals surface area contributed by atoms with Gasteiger partial charge in [0.2, 0.25) is 0 Å². The molecule has 0 aromatic heterocycles. The van der Waals surface area contributed by atoms with Gasteiger partial charge in [-0.05, 0) is 135 Å². The minimum atomic E-state index is 0.245. The monoisotopic (exact) mass is 962 g/mol. The Hall–Kier alpha value is -0.360. The summed E-state index contributed by atoms with van der Waals surface area (Å²) in [5, 5.41) is 0. The van der Waals surface area contributed by atoms with Gasteiger partial charge in [0.25, 0.3) is 0 Å². The van der Waals surface area contributed by atoms with Gasteiger partial charge in [-0.25, -0.2) is 0 Å². The van der Waals surface area contributed by atoms with E-state index in [-0.39, 0.29) is 11.1 Å². The Labute approximate surface area is 428 Å². The van der Waals surface area contributed by atoms with Gasteiger partial charge in [-0.3, -0.25) is 44.1 Å². The van der Waals surface area contributed by atoms with E-state index in [1.807, 2.05) is 0 Å². The fourth-order valence-corrected chi connectivity index (χ4v) is 15.9. The van der Waals surface area contributed by atoms with Crippen LogP contribution in [-0.2, 0) is 0 Å². The summed E-state index contributed by atoms with van der Waals surface area (Å²) in [6.45, 7) is 70.1. The number of rotatable bonds is 13. The molecule has 69 heavy (non-hydrogen) atoms. The zero-order valence-electron chi connectivity index (χ0n) is 49.3. The largest absolute Gasteiger partial charge is 0.300 e. The first kappa shape index (κ1) is 54.9. The van der Waals surface area contributed by atoms with Gasteiger partial charge in [0.05, 0.1) is 0 Å². The van der Waals surface area contributed by atoms with Crippen LogP contribution >= 0.6 is 0 Å². The Bertz CT molecular complexity index is 1680. The van der Waals surface area contributed by atoms with Crippen LogP contribution in [0.3, 0.4) is 0 Å². The van der Waals surface area contributed by atoms with Gasteiger partial charge in [0.1, 0.15) is 0 Å². The van der Waals surface area contributed by atoms with Crippen molar-refractivity contribution in [1.82, 2.24) is 44.1 Å². The summed E-state index contributed by atoms with van der Waals surface area (Å²) < 4.78 is 0. The molecule has 0 amide bonds. The van der Waals surface area contributed by atoms with Gasteiger partial charge in [0, 0.05) is 175 Å². The molecule has 8 fully saturated rings. The summed E-state index contributed by atoms with van der Waals surface area (Å²) >= 11 is 0. The quantitative estimate of drug-likeness (QED) is 0.179. The molecule has 8 aliphatic rings. The molecule has 9 heteroatoms. The first-order chi connectivity index (χ1) is 31.7. The molecule has 0 N–H and O–H groups in total. The summed E-state index contributed by atoms with van der Waals surface area (Å²) in [6.07, 6.45) is 9.34. The second kappa shape index (κ2) is 19.6. The zero-order valence-corrected chi connectivity index (χ0v) is 49.3. The van der Waals surface area contributed by atoms with Gasteiger partial charge >= 0.3 is 0 Å². The lowest BCUT2D eigenvalue weighted by molar-refractivity contribution is -0.172. The Balaban J connectivity index is 0.816. The van der Waals surface area contributed by atoms with Gasteiger partial charge < -0.3 is 0 Å². The molecule has 8 aliphatic heterocycles. The molecule has 8 heterocycles. The van der Waals surface area contributed by atoms with Crippen molar-refractivity contribution in [1.29, 1.82) is 0 Å². The maximum Gasteiger partial charge on any atom is 0.0212 e. The van der Waals surface area contributed by atoms with Crippen molar-refractivity contribution in [2.75, 3.05) is 118 Å². The molecule has 0 saturated carbocycles. The van der Waals surface area contributed by atoms with Gasteiger partial charge in [0.15, 0.2) is 0 Å². The molecule has 0 aliphatic carbocycles. The minimum absolute atomic E-state index is 0.245. The molecule has 8 rings (SSSR count). The third-order valence-corrected chi connectivity index (χ3v) is 20.0. The molecule has 8 saturated heterocycles. The Kier molecular flexibility index (Phi) is 15.6. The van der Waals surface area contributed by atoms with Crippen LogP contribution in [0.25, 0.3) is 0 Å². The van der Waals surface area contributed by atoms with Crippen molar-refractivity contribution in [3.63, 3.8) is 0 Å². The van der Waals surface area contributed by atoms with Crippen LogP contribution in [0.15, 0.2) is 0 Å². The lowest BCUT2D eigenvalue weighted by Crippen LogP contribution is -2.77. The molecule has 4 unspecified atom stereocenters. The van der Waals surface area contributed by atoms with Crippen LogP contribution in [0.1, 0.15) is 176 Å². The van der Waals surface area contributed by atoms with Crippen LogP contribution in [-0.4, -0.2) is 215 Å². The molecule has 400 valence electrons. The molecule has 2 spiro atoms. The second-order valence-corrected chi connectivity index (χ2v) is 32.5. The highest BCUT2D eigenvalue weighted by Crippen LogP contribution is 2.49. The van der Waals surface area contributed by atoms with Crippen LogP contribution in [0.2, 0.25) is 0 Å². The number of piperidine rings is 3. The fraction of sp³-hybridized carbons (Fsp3) is 1.00. The molecule has 9 nitrogen and oxygen atoms in total. The Morgan fingerprint density at radius 3 is 1.41 bits per heavy atom. The smallest absolute Gasteiger partial charge is 0.0212 e. The Morgan fingerprint density at radius 2 is 0.870 bits per heavy atom. The number of hydrogen-bond donors (Lipinski definition) is 0. The van der Waals surface area contributed by atoms with Crippen LogP contribution in [0.5, 0.6) is 0 Å². The molecule has 0 radical (unpaired) electrons. The first-order valence-electron chi connectivity index (χ1n) is 29.4. The van der Waals surface area contributed by atoms with Crippen molar-refractivity contribution in [2.24, 2.45) is 38.9 Å². The first-order valence-corrected chi connectivity index (χ1v) is 29.4. The third kappa shape index (κ3) is 12.8. The molecule has 8 atom stereocenters. The van der Waals surface area contributed by atoms with E-state index in [0.717, 1.165) is 30.0 Å². The molecule has 0 aromatic rings. The van der Waals surface area contributed by atoms with E-state index in [9.17, 15) is 0 Å². The van der Waals surface area contributed by atoms with E-state index in [4.69, 9.17) is 0 Å². The van der Waals surface area contributed by atoms with Crippen molar-refractivity contribution in [3.05, 3.63) is 0 Å². The fourth-order valence-electron chi connectivity index (χ4n) is 15.9. The molecular weight excluding hydrogens is 847 g/mol. The highest BCUT2D eigenvalue weighted by Gasteiger charge is 2.58. The zero-order chi connectivity index (χ0) is 50.5. The second-order valence-electron chi connectivity index (χ2n) is 32.5. The van der Waals surface area contributed by atoms with Crippen molar-refractivity contribution >= 4 is 0 Å². The van der Waals surface area contributed by atoms with Crippen LogP contribution in [0, 0.1) is 38.9 Å². The number of nitrogens with zero attached hydrogens (tertiary/aromatic N) is 9. The SMILES string of the molecule is C[C@@H]1CN(CC(C)(C)C)C(C[C@H]2CC(N3CC4(C3)CN(C(C)(C)CCC(C)(C)N3CCN(C5C[C@@H](C)N(CC(C)(C)C)C[C@@H]5C)CC3)C4)CCN2CC(C)(C)C)CC1N1CC2(C1)CN(C(C)(C)C)C2. The van der Waals surface area contributed by atoms with Gasteiger partial charge in [-0.15, -0.1) is 0 Å².